The smallest absolute Gasteiger partial charge is 0.250 e. The van der Waals surface area contributed by atoms with E-state index in [4.69, 9.17) is 0 Å². The van der Waals surface area contributed by atoms with Crippen LogP contribution in [0.1, 0.15) is 56.7 Å². The first kappa shape index (κ1) is 16.1. The molecule has 0 unspecified atom stereocenters. The summed E-state index contributed by atoms with van der Waals surface area (Å²) in [6, 6.07) is 0.174. The van der Waals surface area contributed by atoms with E-state index in [2.05, 4.69) is 20.3 Å². The van der Waals surface area contributed by atoms with Crippen LogP contribution in [0.25, 0.3) is 0 Å². The molecule has 0 radical (unpaired) electrons. The lowest BCUT2D eigenvalue weighted by molar-refractivity contribution is 0.329. The molecule has 0 spiro atoms. The van der Waals surface area contributed by atoms with Gasteiger partial charge in [0.25, 0.3) is 0 Å². The second-order valence-corrected chi connectivity index (χ2v) is 7.83. The number of aromatic nitrogens is 6. The zero-order valence-corrected chi connectivity index (χ0v) is 14.3. The van der Waals surface area contributed by atoms with Gasteiger partial charge in [0.1, 0.15) is 23.7 Å². The molecule has 1 aliphatic rings. The first-order valence-electron chi connectivity index (χ1n) is 8.04. The van der Waals surface area contributed by atoms with E-state index < -0.39 is 9.84 Å². The molecule has 0 aromatic carbocycles. The topological polar surface area (TPSA) is 95.6 Å². The maximum absolute atomic E-state index is 12.8. The zero-order chi connectivity index (χ0) is 16.4. The lowest BCUT2D eigenvalue weighted by Crippen LogP contribution is -2.21. The van der Waals surface area contributed by atoms with Crippen molar-refractivity contribution in [3.63, 3.8) is 0 Å². The third-order valence-electron chi connectivity index (χ3n) is 4.37. The van der Waals surface area contributed by atoms with Crippen LogP contribution in [0.3, 0.4) is 0 Å². The molecule has 23 heavy (non-hydrogen) atoms. The molecule has 0 N–H and O–H groups in total. The predicted molar refractivity (Wildman–Crippen MR) is 83.5 cm³/mol. The summed E-state index contributed by atoms with van der Waals surface area (Å²) in [5, 5.41) is 12.1. The van der Waals surface area contributed by atoms with Crippen LogP contribution in [0.2, 0.25) is 0 Å². The van der Waals surface area contributed by atoms with Crippen LogP contribution in [-0.2, 0) is 22.1 Å². The van der Waals surface area contributed by atoms with Gasteiger partial charge in [-0.25, -0.2) is 18.1 Å². The van der Waals surface area contributed by atoms with Crippen LogP contribution in [0.5, 0.6) is 0 Å². The number of hydrogen-bond donors (Lipinski definition) is 0. The molecule has 126 valence electrons. The molecule has 0 amide bonds. The number of aryl methyl sites for hydroxylation is 2. The van der Waals surface area contributed by atoms with Crippen molar-refractivity contribution in [2.75, 3.05) is 0 Å². The fourth-order valence-electron chi connectivity index (χ4n) is 3.22. The van der Waals surface area contributed by atoms with Crippen molar-refractivity contribution < 1.29 is 8.42 Å². The van der Waals surface area contributed by atoms with Gasteiger partial charge in [-0.05, 0) is 26.7 Å². The standard InChI is InChI=1S/C14H22N6O2S/c1-3-19-13(15-10-16-19)9-23(21,22)14-18-17-11(2)20(14)12-7-5-4-6-8-12/h10,12H,3-9H2,1-2H3. The van der Waals surface area contributed by atoms with Gasteiger partial charge in [-0.2, -0.15) is 5.10 Å². The number of hydrogen-bond acceptors (Lipinski definition) is 6. The Morgan fingerprint density at radius 2 is 1.96 bits per heavy atom. The van der Waals surface area contributed by atoms with Crippen LogP contribution in [0.4, 0.5) is 0 Å². The van der Waals surface area contributed by atoms with E-state index in [0.717, 1.165) is 25.7 Å². The Kier molecular flexibility index (Phi) is 4.47. The van der Waals surface area contributed by atoms with Crippen molar-refractivity contribution in [3.05, 3.63) is 18.0 Å². The van der Waals surface area contributed by atoms with Crippen LogP contribution in [0, 0.1) is 6.92 Å². The second-order valence-electron chi connectivity index (χ2n) is 5.94. The summed E-state index contributed by atoms with van der Waals surface area (Å²) in [5.74, 6) is 0.891. The molecular weight excluding hydrogens is 316 g/mol. The molecule has 2 aromatic rings. The van der Waals surface area contributed by atoms with E-state index in [9.17, 15) is 8.42 Å². The summed E-state index contributed by atoms with van der Waals surface area (Å²) in [5.41, 5.74) is 0. The summed E-state index contributed by atoms with van der Waals surface area (Å²) < 4.78 is 29.1. The molecule has 3 rings (SSSR count). The molecule has 0 atom stereocenters. The van der Waals surface area contributed by atoms with Gasteiger partial charge in [-0.15, -0.1) is 10.2 Å². The Morgan fingerprint density at radius 1 is 1.22 bits per heavy atom. The molecule has 0 bridgehead atoms. The fraction of sp³-hybridized carbons (Fsp3) is 0.714. The van der Waals surface area contributed by atoms with E-state index in [1.54, 1.807) is 9.25 Å². The lowest BCUT2D eigenvalue weighted by atomic mass is 9.95. The van der Waals surface area contributed by atoms with Gasteiger partial charge in [-0.1, -0.05) is 19.3 Å². The third-order valence-corrected chi connectivity index (χ3v) is 5.84. The minimum Gasteiger partial charge on any atom is -0.299 e. The SMILES string of the molecule is CCn1ncnc1CS(=O)(=O)c1nnc(C)n1C1CCCCC1. The van der Waals surface area contributed by atoms with Gasteiger partial charge in [0.05, 0.1) is 0 Å². The molecule has 2 heterocycles. The molecule has 0 saturated heterocycles. The van der Waals surface area contributed by atoms with E-state index in [1.165, 1.54) is 12.7 Å². The van der Waals surface area contributed by atoms with E-state index >= 15 is 0 Å². The molecule has 8 nitrogen and oxygen atoms in total. The average Bonchev–Trinajstić information content (AvgIpc) is 3.14. The summed E-state index contributed by atoms with van der Waals surface area (Å²) in [7, 11) is -3.61. The minimum absolute atomic E-state index is 0.0625. The maximum Gasteiger partial charge on any atom is 0.250 e. The normalized spacial score (nSPS) is 16.8. The van der Waals surface area contributed by atoms with Gasteiger partial charge in [0.15, 0.2) is 0 Å². The van der Waals surface area contributed by atoms with E-state index in [-0.39, 0.29) is 17.0 Å². The van der Waals surface area contributed by atoms with Crippen molar-refractivity contribution in [2.24, 2.45) is 0 Å². The molecule has 1 fully saturated rings. The van der Waals surface area contributed by atoms with Gasteiger partial charge in [0, 0.05) is 12.6 Å². The Hall–Kier alpha value is -1.77. The first-order valence-corrected chi connectivity index (χ1v) is 9.69. The second kappa shape index (κ2) is 6.38. The van der Waals surface area contributed by atoms with Crippen LogP contribution < -0.4 is 0 Å². The van der Waals surface area contributed by atoms with Crippen molar-refractivity contribution in [3.8, 4) is 0 Å². The van der Waals surface area contributed by atoms with Crippen LogP contribution in [0.15, 0.2) is 11.5 Å². The quantitative estimate of drug-likeness (QED) is 0.823. The monoisotopic (exact) mass is 338 g/mol. The van der Waals surface area contributed by atoms with Gasteiger partial charge >= 0.3 is 0 Å². The van der Waals surface area contributed by atoms with Crippen molar-refractivity contribution in [2.45, 2.75) is 69.4 Å². The summed E-state index contributed by atoms with van der Waals surface area (Å²) in [6.07, 6.45) is 6.78. The van der Waals surface area contributed by atoms with E-state index in [1.807, 2.05) is 13.8 Å². The van der Waals surface area contributed by atoms with Gasteiger partial charge < -0.3 is 0 Å². The highest BCUT2D eigenvalue weighted by Crippen LogP contribution is 2.31. The van der Waals surface area contributed by atoms with Crippen LogP contribution >= 0.6 is 0 Å². The van der Waals surface area contributed by atoms with Crippen molar-refractivity contribution in [1.29, 1.82) is 0 Å². The fourth-order valence-corrected chi connectivity index (χ4v) is 4.66. The minimum atomic E-state index is -3.61. The molecule has 2 aromatic heterocycles. The Balaban J connectivity index is 1.94. The Morgan fingerprint density at radius 3 is 2.65 bits per heavy atom. The average molecular weight is 338 g/mol. The summed E-state index contributed by atoms with van der Waals surface area (Å²) in [6.45, 7) is 4.30. The highest BCUT2D eigenvalue weighted by molar-refractivity contribution is 7.90. The lowest BCUT2D eigenvalue weighted by Gasteiger charge is -2.24. The Labute approximate surface area is 135 Å². The van der Waals surface area contributed by atoms with Crippen LogP contribution in [-0.4, -0.2) is 37.9 Å². The first-order chi connectivity index (χ1) is 11.0. The molecular formula is C14H22N6O2S. The molecule has 9 heteroatoms. The van der Waals surface area contributed by atoms with Crippen molar-refractivity contribution >= 4 is 9.84 Å². The largest absolute Gasteiger partial charge is 0.299 e. The maximum atomic E-state index is 12.8. The number of sulfone groups is 1. The predicted octanol–water partition coefficient (Wildman–Crippen LogP) is 1.68. The third kappa shape index (κ3) is 3.15. The molecule has 1 saturated carbocycles. The van der Waals surface area contributed by atoms with Gasteiger partial charge in [-0.3, -0.25) is 4.57 Å². The molecule has 0 aliphatic heterocycles. The van der Waals surface area contributed by atoms with E-state index in [0.29, 0.717) is 18.2 Å². The van der Waals surface area contributed by atoms with Crippen molar-refractivity contribution in [1.82, 2.24) is 29.5 Å². The highest BCUT2D eigenvalue weighted by Gasteiger charge is 2.30. The zero-order valence-electron chi connectivity index (χ0n) is 13.5. The molecule has 1 aliphatic carbocycles. The Bertz CT molecular complexity index is 773. The summed E-state index contributed by atoms with van der Waals surface area (Å²) in [4.78, 5) is 4.06. The number of nitrogens with zero attached hydrogens (tertiary/aromatic N) is 6. The number of rotatable bonds is 5. The summed E-state index contributed by atoms with van der Waals surface area (Å²) >= 11 is 0. The van der Waals surface area contributed by atoms with Gasteiger partial charge in [0.2, 0.25) is 15.0 Å². The highest BCUT2D eigenvalue weighted by atomic mass is 32.2.